The third-order valence-corrected chi connectivity index (χ3v) is 1.05. The number of nitro groups is 1. The molecule has 3 nitrogen and oxygen atoms in total. The molecule has 0 aliphatic heterocycles. The minimum absolute atomic E-state index is 0. The highest BCUT2D eigenvalue weighted by molar-refractivity contribution is 7.59. The first kappa shape index (κ1) is 9.90. The van der Waals surface area contributed by atoms with Gasteiger partial charge in [-0.1, -0.05) is 12.1 Å². The van der Waals surface area contributed by atoms with Crippen molar-refractivity contribution in [2.75, 3.05) is 0 Å². The van der Waals surface area contributed by atoms with Gasteiger partial charge in [0.25, 0.3) is 0 Å². The van der Waals surface area contributed by atoms with Gasteiger partial charge >= 0.3 is 5.69 Å². The standard InChI is InChI=1S/C6H4FNO2.H2S/c7-5-3-1-2-4-6(5)8(9)10;/h1-4H;1H2. The van der Waals surface area contributed by atoms with Crippen LogP contribution in [0, 0.1) is 15.9 Å². The van der Waals surface area contributed by atoms with Gasteiger partial charge in [-0.2, -0.15) is 17.9 Å². The number of para-hydroxylation sites is 1. The molecule has 0 heterocycles. The summed E-state index contributed by atoms with van der Waals surface area (Å²) in [6.07, 6.45) is 0. The molecule has 0 aliphatic rings. The van der Waals surface area contributed by atoms with E-state index in [1.807, 2.05) is 0 Å². The molecule has 0 unspecified atom stereocenters. The molecule has 1 rings (SSSR count). The van der Waals surface area contributed by atoms with Gasteiger partial charge in [0.05, 0.1) is 4.92 Å². The fraction of sp³-hybridized carbons (Fsp3) is 0. The van der Waals surface area contributed by atoms with E-state index in [-0.39, 0.29) is 13.5 Å². The van der Waals surface area contributed by atoms with Crippen molar-refractivity contribution in [2.45, 2.75) is 0 Å². The van der Waals surface area contributed by atoms with Crippen LogP contribution in [0.15, 0.2) is 24.3 Å². The summed E-state index contributed by atoms with van der Waals surface area (Å²) in [4.78, 5) is 9.23. The van der Waals surface area contributed by atoms with Crippen molar-refractivity contribution in [3.63, 3.8) is 0 Å². The summed E-state index contributed by atoms with van der Waals surface area (Å²) in [7, 11) is 0. The lowest BCUT2D eigenvalue weighted by atomic mass is 10.3. The summed E-state index contributed by atoms with van der Waals surface area (Å²) in [6.45, 7) is 0. The maximum atomic E-state index is 12.4. The Morgan fingerprint density at radius 3 is 2.27 bits per heavy atom. The normalized spacial score (nSPS) is 8.45. The van der Waals surface area contributed by atoms with Crippen molar-refractivity contribution in [1.82, 2.24) is 0 Å². The van der Waals surface area contributed by atoms with Gasteiger partial charge in [0.2, 0.25) is 5.82 Å². The van der Waals surface area contributed by atoms with Crippen LogP contribution in [-0.4, -0.2) is 4.92 Å². The fourth-order valence-electron chi connectivity index (χ4n) is 0.600. The minimum atomic E-state index is -0.799. The van der Waals surface area contributed by atoms with Gasteiger partial charge in [0, 0.05) is 6.07 Å². The SMILES string of the molecule is O=[N+]([O-])c1ccccc1F.S. The quantitative estimate of drug-likeness (QED) is 0.483. The van der Waals surface area contributed by atoms with Crippen molar-refractivity contribution in [1.29, 1.82) is 0 Å². The van der Waals surface area contributed by atoms with Gasteiger partial charge in [0.15, 0.2) is 0 Å². The summed E-state index contributed by atoms with van der Waals surface area (Å²) in [5.74, 6) is -0.799. The van der Waals surface area contributed by atoms with Gasteiger partial charge in [-0.15, -0.1) is 0 Å². The Kier molecular flexibility index (Phi) is 3.53. The van der Waals surface area contributed by atoms with Crippen LogP contribution in [0.25, 0.3) is 0 Å². The van der Waals surface area contributed by atoms with Crippen LogP contribution in [0.4, 0.5) is 10.1 Å². The molecule has 0 N–H and O–H groups in total. The van der Waals surface area contributed by atoms with Crippen LogP contribution < -0.4 is 0 Å². The van der Waals surface area contributed by atoms with Gasteiger partial charge in [0.1, 0.15) is 0 Å². The van der Waals surface area contributed by atoms with Crippen LogP contribution in [0.1, 0.15) is 0 Å². The van der Waals surface area contributed by atoms with Gasteiger partial charge in [-0.3, -0.25) is 10.1 Å². The molecule has 60 valence electrons. The second kappa shape index (κ2) is 3.92. The predicted molar refractivity (Wildman–Crippen MR) is 43.4 cm³/mol. The average Bonchev–Trinajstić information content (AvgIpc) is 1.88. The van der Waals surface area contributed by atoms with E-state index in [1.165, 1.54) is 12.1 Å². The first-order chi connectivity index (χ1) is 4.72. The summed E-state index contributed by atoms with van der Waals surface area (Å²) in [5, 5.41) is 9.99. The maximum Gasteiger partial charge on any atom is 0.304 e. The molecule has 0 radical (unpaired) electrons. The Morgan fingerprint density at radius 1 is 1.36 bits per heavy atom. The average molecular weight is 175 g/mol. The zero-order valence-corrected chi connectivity index (χ0v) is 6.45. The van der Waals surface area contributed by atoms with E-state index >= 15 is 0 Å². The Morgan fingerprint density at radius 2 is 1.91 bits per heavy atom. The summed E-state index contributed by atoms with van der Waals surface area (Å²) >= 11 is 0. The van der Waals surface area contributed by atoms with Crippen LogP contribution >= 0.6 is 13.5 Å². The molecule has 0 fully saturated rings. The first-order valence-corrected chi connectivity index (χ1v) is 2.61. The number of halogens is 1. The number of rotatable bonds is 1. The lowest BCUT2D eigenvalue weighted by Gasteiger charge is -1.89. The van der Waals surface area contributed by atoms with Gasteiger partial charge in [-0.05, 0) is 6.07 Å². The van der Waals surface area contributed by atoms with Crippen LogP contribution in [0.3, 0.4) is 0 Å². The van der Waals surface area contributed by atoms with Gasteiger partial charge in [-0.25, -0.2) is 0 Å². The van der Waals surface area contributed by atoms with E-state index < -0.39 is 16.4 Å². The first-order valence-electron chi connectivity index (χ1n) is 2.61. The molecule has 5 heteroatoms. The number of nitro benzene ring substituents is 1. The molecule has 0 aromatic heterocycles. The van der Waals surface area contributed by atoms with Crippen LogP contribution in [0.5, 0.6) is 0 Å². The highest BCUT2D eigenvalue weighted by Crippen LogP contribution is 2.14. The summed E-state index contributed by atoms with van der Waals surface area (Å²) in [6, 6.07) is 5.00. The predicted octanol–water partition coefficient (Wildman–Crippen LogP) is 1.85. The van der Waals surface area contributed by atoms with Crippen molar-refractivity contribution >= 4 is 19.2 Å². The molecule has 0 bridgehead atoms. The number of benzene rings is 1. The van der Waals surface area contributed by atoms with E-state index in [2.05, 4.69) is 0 Å². The molecule has 1 aromatic rings. The molecule has 1 aromatic carbocycles. The molecule has 0 aliphatic carbocycles. The lowest BCUT2D eigenvalue weighted by Crippen LogP contribution is -1.90. The van der Waals surface area contributed by atoms with E-state index in [9.17, 15) is 14.5 Å². The molecule has 11 heavy (non-hydrogen) atoms. The van der Waals surface area contributed by atoms with Crippen LogP contribution in [0.2, 0.25) is 0 Å². The smallest absolute Gasteiger partial charge is 0.258 e. The molecule has 0 spiro atoms. The van der Waals surface area contributed by atoms with E-state index in [1.54, 1.807) is 0 Å². The Hall–Kier alpha value is -1.10. The van der Waals surface area contributed by atoms with Crippen molar-refractivity contribution in [3.05, 3.63) is 40.2 Å². The molecule has 0 saturated carbocycles. The van der Waals surface area contributed by atoms with E-state index in [4.69, 9.17) is 0 Å². The third-order valence-electron chi connectivity index (χ3n) is 1.05. The second-order valence-electron chi connectivity index (χ2n) is 1.71. The number of hydrogen-bond donors (Lipinski definition) is 0. The highest BCUT2D eigenvalue weighted by Gasteiger charge is 2.09. The number of hydrogen-bond acceptors (Lipinski definition) is 2. The van der Waals surface area contributed by atoms with E-state index in [0.717, 1.165) is 12.1 Å². The van der Waals surface area contributed by atoms with E-state index in [0.29, 0.717) is 0 Å². The molecule has 0 amide bonds. The van der Waals surface area contributed by atoms with Crippen LogP contribution in [-0.2, 0) is 0 Å². The monoisotopic (exact) mass is 175 g/mol. The Bertz CT molecular complexity index is 267. The second-order valence-corrected chi connectivity index (χ2v) is 1.71. The lowest BCUT2D eigenvalue weighted by molar-refractivity contribution is -0.387. The summed E-state index contributed by atoms with van der Waals surface area (Å²) < 4.78 is 12.4. The summed E-state index contributed by atoms with van der Waals surface area (Å²) in [5.41, 5.74) is -0.484. The zero-order chi connectivity index (χ0) is 7.56. The molecular formula is C6H6FNO2S. The van der Waals surface area contributed by atoms with Crippen molar-refractivity contribution in [3.8, 4) is 0 Å². The van der Waals surface area contributed by atoms with Crippen molar-refractivity contribution in [2.24, 2.45) is 0 Å². The maximum absolute atomic E-state index is 12.4. The highest BCUT2D eigenvalue weighted by atomic mass is 32.1. The van der Waals surface area contributed by atoms with Gasteiger partial charge < -0.3 is 0 Å². The fourth-order valence-corrected chi connectivity index (χ4v) is 0.600. The topological polar surface area (TPSA) is 43.1 Å². The largest absolute Gasteiger partial charge is 0.304 e. The minimum Gasteiger partial charge on any atom is -0.258 e. The zero-order valence-electron chi connectivity index (χ0n) is 5.45. The molecule has 0 atom stereocenters. The third kappa shape index (κ3) is 2.19. The molecule has 0 saturated heterocycles. The Balaban J connectivity index is 0.000001000. The Labute approximate surface area is 69.4 Å². The van der Waals surface area contributed by atoms with Crippen molar-refractivity contribution < 1.29 is 9.31 Å². The number of nitrogens with zero attached hydrogens (tertiary/aromatic N) is 1. The molecular weight excluding hydrogens is 169 g/mol.